The zero-order chi connectivity index (χ0) is 20.6. The monoisotopic (exact) mass is 427 g/mol. The summed E-state index contributed by atoms with van der Waals surface area (Å²) in [4.78, 5) is 17.6. The SMILES string of the molecule is Cc1ccc2[nH]ncc2c1NC(=O)c1cnc(Nc2ccc(S(C)(=O)=O)cc2)s1. The molecule has 1 amide bonds. The van der Waals surface area contributed by atoms with Gasteiger partial charge in [0.1, 0.15) is 4.88 Å². The van der Waals surface area contributed by atoms with Crippen molar-refractivity contribution in [1.29, 1.82) is 0 Å². The zero-order valence-corrected chi connectivity index (χ0v) is 17.2. The zero-order valence-electron chi connectivity index (χ0n) is 15.6. The maximum absolute atomic E-state index is 12.7. The Balaban J connectivity index is 1.50. The first-order valence-corrected chi connectivity index (χ1v) is 11.3. The minimum Gasteiger partial charge on any atom is -0.332 e. The molecule has 0 saturated carbocycles. The van der Waals surface area contributed by atoms with Gasteiger partial charge in [-0.15, -0.1) is 0 Å². The minimum atomic E-state index is -3.24. The third kappa shape index (κ3) is 3.98. The molecule has 0 bridgehead atoms. The summed E-state index contributed by atoms with van der Waals surface area (Å²) in [5.41, 5.74) is 3.16. The Morgan fingerprint density at radius 2 is 1.86 bits per heavy atom. The van der Waals surface area contributed by atoms with E-state index in [1.54, 1.807) is 18.3 Å². The van der Waals surface area contributed by atoms with E-state index in [4.69, 9.17) is 0 Å². The van der Waals surface area contributed by atoms with Crippen LogP contribution in [0.15, 0.2) is 53.7 Å². The molecular weight excluding hydrogens is 410 g/mol. The Morgan fingerprint density at radius 3 is 2.59 bits per heavy atom. The van der Waals surface area contributed by atoms with Crippen molar-refractivity contribution in [2.45, 2.75) is 11.8 Å². The maximum atomic E-state index is 12.7. The highest BCUT2D eigenvalue weighted by Crippen LogP contribution is 2.28. The van der Waals surface area contributed by atoms with Crippen LogP contribution in [0.2, 0.25) is 0 Å². The molecule has 29 heavy (non-hydrogen) atoms. The number of thiazole rings is 1. The summed E-state index contributed by atoms with van der Waals surface area (Å²) in [5, 5.41) is 14.3. The molecule has 3 N–H and O–H groups in total. The Hall–Kier alpha value is -3.24. The largest absolute Gasteiger partial charge is 0.332 e. The Morgan fingerprint density at radius 1 is 1.10 bits per heavy atom. The number of carbonyl (C=O) groups is 1. The molecule has 2 aromatic carbocycles. The van der Waals surface area contributed by atoms with Gasteiger partial charge in [0.25, 0.3) is 5.91 Å². The van der Waals surface area contributed by atoms with Crippen LogP contribution in [-0.2, 0) is 9.84 Å². The van der Waals surface area contributed by atoms with Gasteiger partial charge < -0.3 is 10.6 Å². The molecule has 4 rings (SSSR count). The van der Waals surface area contributed by atoms with Gasteiger partial charge in [0.15, 0.2) is 15.0 Å². The number of nitrogens with zero attached hydrogens (tertiary/aromatic N) is 2. The number of benzene rings is 2. The van der Waals surface area contributed by atoms with Gasteiger partial charge in [-0.3, -0.25) is 9.89 Å². The lowest BCUT2D eigenvalue weighted by atomic mass is 10.1. The van der Waals surface area contributed by atoms with E-state index in [2.05, 4.69) is 25.8 Å². The second-order valence-corrected chi connectivity index (χ2v) is 9.54. The molecule has 0 unspecified atom stereocenters. The van der Waals surface area contributed by atoms with Gasteiger partial charge in [-0.2, -0.15) is 5.10 Å². The van der Waals surface area contributed by atoms with Crippen molar-refractivity contribution >= 4 is 54.5 Å². The van der Waals surface area contributed by atoms with E-state index in [0.29, 0.717) is 21.4 Å². The molecule has 2 aromatic heterocycles. The van der Waals surface area contributed by atoms with Gasteiger partial charge in [0.05, 0.1) is 28.5 Å². The number of amides is 1. The fourth-order valence-corrected chi connectivity index (χ4v) is 4.18. The Kier molecular flexibility index (Phi) is 4.81. The van der Waals surface area contributed by atoms with E-state index in [0.717, 1.165) is 22.7 Å². The molecule has 0 atom stereocenters. The molecule has 0 radical (unpaired) electrons. The molecule has 0 spiro atoms. The lowest BCUT2D eigenvalue weighted by Crippen LogP contribution is -2.11. The topological polar surface area (TPSA) is 117 Å². The van der Waals surface area contributed by atoms with Crippen LogP contribution in [0.3, 0.4) is 0 Å². The number of aryl methyl sites for hydroxylation is 1. The first-order valence-electron chi connectivity index (χ1n) is 8.58. The number of rotatable bonds is 5. The smallest absolute Gasteiger partial charge is 0.267 e. The number of aromatic nitrogens is 3. The number of anilines is 3. The highest BCUT2D eigenvalue weighted by molar-refractivity contribution is 7.90. The van der Waals surface area contributed by atoms with Crippen molar-refractivity contribution in [2.75, 3.05) is 16.9 Å². The van der Waals surface area contributed by atoms with E-state index >= 15 is 0 Å². The molecule has 2 heterocycles. The summed E-state index contributed by atoms with van der Waals surface area (Å²) < 4.78 is 23.1. The van der Waals surface area contributed by atoms with E-state index in [9.17, 15) is 13.2 Å². The van der Waals surface area contributed by atoms with Gasteiger partial charge in [-0.1, -0.05) is 17.4 Å². The lowest BCUT2D eigenvalue weighted by molar-refractivity contribution is 0.103. The van der Waals surface area contributed by atoms with E-state index in [1.807, 2.05) is 19.1 Å². The normalized spacial score (nSPS) is 11.5. The highest BCUT2D eigenvalue weighted by atomic mass is 32.2. The molecule has 8 nitrogen and oxygen atoms in total. The number of hydrogen-bond acceptors (Lipinski definition) is 7. The van der Waals surface area contributed by atoms with Crippen LogP contribution in [0.4, 0.5) is 16.5 Å². The highest BCUT2D eigenvalue weighted by Gasteiger charge is 2.15. The number of sulfone groups is 1. The predicted octanol–water partition coefficient (Wildman–Crippen LogP) is 3.73. The summed E-state index contributed by atoms with van der Waals surface area (Å²) >= 11 is 1.20. The number of fused-ring (bicyclic) bond motifs is 1. The average Bonchev–Trinajstić information content (AvgIpc) is 3.33. The number of carbonyl (C=O) groups excluding carboxylic acids is 1. The van der Waals surface area contributed by atoms with Crippen molar-refractivity contribution in [1.82, 2.24) is 15.2 Å². The average molecular weight is 428 g/mol. The van der Waals surface area contributed by atoms with Crippen molar-refractivity contribution in [3.05, 3.63) is 59.2 Å². The van der Waals surface area contributed by atoms with Gasteiger partial charge in [-0.25, -0.2) is 13.4 Å². The van der Waals surface area contributed by atoms with Crippen LogP contribution < -0.4 is 10.6 Å². The fraction of sp³-hybridized carbons (Fsp3) is 0.105. The van der Waals surface area contributed by atoms with E-state index in [1.165, 1.54) is 29.7 Å². The van der Waals surface area contributed by atoms with Crippen LogP contribution >= 0.6 is 11.3 Å². The van der Waals surface area contributed by atoms with Crippen molar-refractivity contribution in [2.24, 2.45) is 0 Å². The van der Waals surface area contributed by atoms with Crippen LogP contribution in [0.5, 0.6) is 0 Å². The van der Waals surface area contributed by atoms with Crippen LogP contribution in [-0.4, -0.2) is 35.8 Å². The van der Waals surface area contributed by atoms with Gasteiger partial charge >= 0.3 is 0 Å². The molecule has 0 aliphatic carbocycles. The third-order valence-corrected chi connectivity index (χ3v) is 6.37. The summed E-state index contributed by atoms with van der Waals surface area (Å²) in [6, 6.07) is 10.2. The fourth-order valence-electron chi connectivity index (χ4n) is 2.81. The first kappa shape index (κ1) is 19.1. The van der Waals surface area contributed by atoms with Crippen LogP contribution in [0.25, 0.3) is 10.9 Å². The second kappa shape index (κ2) is 7.30. The van der Waals surface area contributed by atoms with Gasteiger partial charge in [0, 0.05) is 17.3 Å². The number of nitrogens with one attached hydrogen (secondary N) is 3. The summed E-state index contributed by atoms with van der Waals surface area (Å²) in [7, 11) is -3.24. The van der Waals surface area contributed by atoms with Gasteiger partial charge in [-0.05, 0) is 42.8 Å². The molecule has 0 aliphatic heterocycles. The molecule has 148 valence electrons. The van der Waals surface area contributed by atoms with E-state index < -0.39 is 9.84 Å². The summed E-state index contributed by atoms with van der Waals surface area (Å²) in [6.07, 6.45) is 4.34. The Bertz CT molecular complexity index is 1310. The van der Waals surface area contributed by atoms with Crippen molar-refractivity contribution in [3.8, 4) is 0 Å². The molecule has 10 heteroatoms. The number of H-pyrrole nitrogens is 1. The van der Waals surface area contributed by atoms with Crippen LogP contribution in [0, 0.1) is 6.92 Å². The summed E-state index contributed by atoms with van der Waals surface area (Å²) in [6.45, 7) is 1.92. The predicted molar refractivity (Wildman–Crippen MR) is 114 cm³/mol. The standard InChI is InChI=1S/C19H17N5O3S2/c1-11-3-8-15-14(9-21-24-15)17(11)23-18(25)16-10-20-19(28-16)22-12-4-6-13(7-5-12)29(2,26)27/h3-10H,1-2H3,(H,20,22)(H,21,24)(H,23,25). The second-order valence-electron chi connectivity index (χ2n) is 6.49. The van der Waals surface area contributed by atoms with Gasteiger partial charge in [0.2, 0.25) is 0 Å². The van der Waals surface area contributed by atoms with E-state index in [-0.39, 0.29) is 10.8 Å². The number of aromatic amines is 1. The molecule has 0 aliphatic rings. The molecule has 4 aromatic rings. The lowest BCUT2D eigenvalue weighted by Gasteiger charge is -2.08. The van der Waals surface area contributed by atoms with Crippen molar-refractivity contribution in [3.63, 3.8) is 0 Å². The van der Waals surface area contributed by atoms with Crippen LogP contribution in [0.1, 0.15) is 15.2 Å². The molecule has 0 saturated heterocycles. The summed E-state index contributed by atoms with van der Waals surface area (Å²) in [5.74, 6) is -0.264. The molecule has 0 fully saturated rings. The third-order valence-electron chi connectivity index (χ3n) is 4.33. The Labute approximate surface area is 170 Å². The molecular formula is C19H17N5O3S2. The number of hydrogen-bond donors (Lipinski definition) is 3. The van der Waals surface area contributed by atoms with Crippen molar-refractivity contribution < 1.29 is 13.2 Å². The minimum absolute atomic E-state index is 0.242. The maximum Gasteiger partial charge on any atom is 0.267 e. The first-order chi connectivity index (χ1) is 13.8. The quantitative estimate of drug-likeness (QED) is 0.447.